The molecule has 2 aliphatic carbocycles. The van der Waals surface area contributed by atoms with Crippen LogP contribution in [0.3, 0.4) is 0 Å². The van der Waals surface area contributed by atoms with E-state index in [1.54, 1.807) is 6.07 Å². The third-order valence-corrected chi connectivity index (χ3v) is 7.33. The van der Waals surface area contributed by atoms with Crippen molar-refractivity contribution in [3.05, 3.63) is 131 Å². The molecule has 162 valence electrons. The van der Waals surface area contributed by atoms with E-state index in [9.17, 15) is 4.39 Å². The number of benzene rings is 5. The minimum Gasteiger partial charge on any atom is -0.207 e. The van der Waals surface area contributed by atoms with Crippen molar-refractivity contribution in [2.45, 2.75) is 12.8 Å². The maximum atomic E-state index is 15.1. The predicted molar refractivity (Wildman–Crippen MR) is 134 cm³/mol. The van der Waals surface area contributed by atoms with E-state index in [1.165, 1.54) is 50.6 Å². The molecule has 5 aromatic rings. The highest BCUT2D eigenvalue weighted by molar-refractivity contribution is 5.97. The molecule has 0 heterocycles. The quantitative estimate of drug-likeness (QED) is 0.252. The first kappa shape index (κ1) is 19.4. The van der Waals surface area contributed by atoms with Gasteiger partial charge in [0.05, 0.1) is 0 Å². The molecule has 7 rings (SSSR count). The van der Waals surface area contributed by atoms with Gasteiger partial charge in [-0.1, -0.05) is 78.9 Å². The molecule has 0 radical (unpaired) electrons. The van der Waals surface area contributed by atoms with Crippen LogP contribution in [0.5, 0.6) is 0 Å². The van der Waals surface area contributed by atoms with Gasteiger partial charge < -0.3 is 0 Å². The van der Waals surface area contributed by atoms with E-state index in [0.717, 1.165) is 35.6 Å². The molecular formula is C32H20F2. The lowest BCUT2D eigenvalue weighted by atomic mass is 9.85. The van der Waals surface area contributed by atoms with E-state index < -0.39 is 11.6 Å². The first-order chi connectivity index (χ1) is 16.7. The molecule has 34 heavy (non-hydrogen) atoms. The second-order valence-corrected chi connectivity index (χ2v) is 9.14. The summed E-state index contributed by atoms with van der Waals surface area (Å²) in [5.41, 5.74) is 13.5. The van der Waals surface area contributed by atoms with Gasteiger partial charge in [0.25, 0.3) is 0 Å². The summed E-state index contributed by atoms with van der Waals surface area (Å²) in [6.07, 6.45) is 1.65. The van der Waals surface area contributed by atoms with Crippen molar-refractivity contribution in [1.29, 1.82) is 0 Å². The Morgan fingerprint density at radius 1 is 0.441 bits per heavy atom. The van der Waals surface area contributed by atoms with Gasteiger partial charge in [0.15, 0.2) is 0 Å². The van der Waals surface area contributed by atoms with Gasteiger partial charge >= 0.3 is 0 Å². The first-order valence-electron chi connectivity index (χ1n) is 11.6. The average Bonchev–Trinajstić information content (AvgIpc) is 3.42. The van der Waals surface area contributed by atoms with Crippen LogP contribution in [0, 0.1) is 11.6 Å². The van der Waals surface area contributed by atoms with E-state index in [4.69, 9.17) is 0 Å². The van der Waals surface area contributed by atoms with E-state index in [0.29, 0.717) is 5.56 Å². The number of hydrogen-bond acceptors (Lipinski definition) is 0. The highest BCUT2D eigenvalue weighted by Crippen LogP contribution is 2.50. The summed E-state index contributed by atoms with van der Waals surface area (Å²) in [4.78, 5) is 0. The number of hydrogen-bond donors (Lipinski definition) is 0. The van der Waals surface area contributed by atoms with Crippen molar-refractivity contribution < 1.29 is 8.78 Å². The molecule has 2 heteroatoms. The van der Waals surface area contributed by atoms with Crippen molar-refractivity contribution >= 4 is 0 Å². The molecule has 0 aromatic heterocycles. The fraction of sp³-hybridized carbons (Fsp3) is 0.0625. The molecule has 5 aromatic carbocycles. The van der Waals surface area contributed by atoms with E-state index >= 15 is 4.39 Å². The SMILES string of the molecule is Fc1ccc(-c2ccc3c(c2-c2cccc4c2Cc2ccccc2-4)Cc2ccccc2-3)c(F)c1. The third kappa shape index (κ3) is 2.75. The summed E-state index contributed by atoms with van der Waals surface area (Å²) in [6.45, 7) is 0. The van der Waals surface area contributed by atoms with Gasteiger partial charge in [0.1, 0.15) is 11.6 Å². The average molecular weight is 443 g/mol. The zero-order chi connectivity index (χ0) is 22.8. The van der Waals surface area contributed by atoms with Crippen molar-refractivity contribution in [2.75, 3.05) is 0 Å². The summed E-state index contributed by atoms with van der Waals surface area (Å²) in [5.74, 6) is -1.10. The van der Waals surface area contributed by atoms with Gasteiger partial charge in [-0.15, -0.1) is 0 Å². The van der Waals surface area contributed by atoms with Crippen LogP contribution in [0.15, 0.2) is 97.1 Å². The minimum absolute atomic E-state index is 0.434. The van der Waals surface area contributed by atoms with Crippen molar-refractivity contribution in [2.24, 2.45) is 0 Å². The topological polar surface area (TPSA) is 0 Å². The minimum atomic E-state index is -0.563. The van der Waals surface area contributed by atoms with Crippen molar-refractivity contribution in [3.8, 4) is 44.5 Å². The van der Waals surface area contributed by atoms with Crippen molar-refractivity contribution in [3.63, 3.8) is 0 Å². The first-order valence-corrected chi connectivity index (χ1v) is 11.6. The molecule has 0 N–H and O–H groups in total. The maximum Gasteiger partial charge on any atom is 0.133 e. The van der Waals surface area contributed by atoms with Gasteiger partial charge in [-0.05, 0) is 86.2 Å². The molecule has 0 amide bonds. The molecule has 0 unspecified atom stereocenters. The van der Waals surface area contributed by atoms with Crippen LogP contribution in [0.1, 0.15) is 22.3 Å². The highest BCUT2D eigenvalue weighted by Gasteiger charge is 2.28. The van der Waals surface area contributed by atoms with Gasteiger partial charge in [0, 0.05) is 11.6 Å². The lowest BCUT2D eigenvalue weighted by Crippen LogP contribution is -1.98. The Hall–Kier alpha value is -4.04. The Bertz CT molecular complexity index is 1630. The van der Waals surface area contributed by atoms with Crippen LogP contribution in [0.25, 0.3) is 44.5 Å². The predicted octanol–water partition coefficient (Wildman–Crippen LogP) is 8.44. The summed E-state index contributed by atoms with van der Waals surface area (Å²) in [7, 11) is 0. The zero-order valence-electron chi connectivity index (χ0n) is 18.4. The lowest BCUT2D eigenvalue weighted by Gasteiger charge is -2.19. The molecule has 2 aliphatic rings. The second kappa shape index (κ2) is 7.23. The molecule has 0 aliphatic heterocycles. The molecule has 0 fully saturated rings. The van der Waals surface area contributed by atoms with Crippen LogP contribution in [-0.2, 0) is 12.8 Å². The molecule has 0 saturated heterocycles. The van der Waals surface area contributed by atoms with Crippen LogP contribution < -0.4 is 0 Å². The summed E-state index contributed by atoms with van der Waals surface area (Å²) < 4.78 is 28.9. The monoisotopic (exact) mass is 442 g/mol. The smallest absolute Gasteiger partial charge is 0.133 e. The second-order valence-electron chi connectivity index (χ2n) is 9.14. The maximum absolute atomic E-state index is 15.1. The molecular weight excluding hydrogens is 422 g/mol. The van der Waals surface area contributed by atoms with Crippen LogP contribution in [0.2, 0.25) is 0 Å². The largest absolute Gasteiger partial charge is 0.207 e. The number of fused-ring (bicyclic) bond motifs is 6. The fourth-order valence-electron chi connectivity index (χ4n) is 5.84. The molecule has 0 atom stereocenters. The molecule has 0 nitrogen and oxygen atoms in total. The van der Waals surface area contributed by atoms with Crippen LogP contribution >= 0.6 is 0 Å². The molecule has 0 bridgehead atoms. The lowest BCUT2D eigenvalue weighted by molar-refractivity contribution is 0.585. The Morgan fingerprint density at radius 3 is 1.74 bits per heavy atom. The Kier molecular flexibility index (Phi) is 4.13. The van der Waals surface area contributed by atoms with Gasteiger partial charge in [-0.2, -0.15) is 0 Å². The number of halogens is 2. The standard InChI is InChI=1S/C32H20F2/c33-21-12-13-26(31(34)18-21)28-15-14-25-23-9-4-2-7-20(23)17-30(25)32(28)27-11-5-10-24-22-8-3-1-6-19(22)16-29(24)27/h1-15,18H,16-17H2. The van der Waals surface area contributed by atoms with E-state index in [1.807, 2.05) is 6.07 Å². The van der Waals surface area contributed by atoms with Gasteiger partial charge in [-0.25, -0.2) is 8.78 Å². The Labute approximate surface area is 197 Å². The number of rotatable bonds is 2. The summed E-state index contributed by atoms with van der Waals surface area (Å²) >= 11 is 0. The van der Waals surface area contributed by atoms with Gasteiger partial charge in [0.2, 0.25) is 0 Å². The van der Waals surface area contributed by atoms with Crippen LogP contribution in [-0.4, -0.2) is 0 Å². The molecule has 0 saturated carbocycles. The normalized spacial score (nSPS) is 12.8. The summed E-state index contributed by atoms with van der Waals surface area (Å²) in [6, 6.07) is 31.4. The zero-order valence-corrected chi connectivity index (χ0v) is 18.4. The Balaban J connectivity index is 1.54. The molecule has 0 spiro atoms. The fourth-order valence-corrected chi connectivity index (χ4v) is 5.84. The van der Waals surface area contributed by atoms with Crippen molar-refractivity contribution in [1.82, 2.24) is 0 Å². The summed E-state index contributed by atoms with van der Waals surface area (Å²) in [5, 5.41) is 0. The highest BCUT2D eigenvalue weighted by atomic mass is 19.1. The van der Waals surface area contributed by atoms with E-state index in [2.05, 4.69) is 72.8 Å². The van der Waals surface area contributed by atoms with Gasteiger partial charge in [-0.3, -0.25) is 0 Å². The van der Waals surface area contributed by atoms with E-state index in [-0.39, 0.29) is 0 Å². The third-order valence-electron chi connectivity index (χ3n) is 7.33. The van der Waals surface area contributed by atoms with Crippen LogP contribution in [0.4, 0.5) is 8.78 Å². The Morgan fingerprint density at radius 2 is 1.00 bits per heavy atom.